The zero-order valence-corrected chi connectivity index (χ0v) is 7.23. The number of hydrogen-bond donors (Lipinski definition) is 2. The van der Waals surface area contributed by atoms with Crippen molar-refractivity contribution < 1.29 is 19.4 Å². The van der Waals surface area contributed by atoms with Crippen LogP contribution in [0.2, 0.25) is 0 Å². The average Bonchev–Trinajstić information content (AvgIpc) is 2.59. The van der Waals surface area contributed by atoms with Crippen LogP contribution in [0.15, 0.2) is 28.9 Å². The Bertz CT molecular complexity index is 484. The minimum absolute atomic E-state index is 0.157. The zero-order valence-electron chi connectivity index (χ0n) is 7.23. The summed E-state index contributed by atoms with van der Waals surface area (Å²) in [5.41, 5.74) is 1.37. The van der Waals surface area contributed by atoms with Gasteiger partial charge in [0.05, 0.1) is 18.4 Å². The minimum Gasteiger partial charge on any atom is -0.478 e. The van der Waals surface area contributed by atoms with E-state index in [0.717, 1.165) is 0 Å². The van der Waals surface area contributed by atoms with Crippen molar-refractivity contribution in [2.75, 3.05) is 0 Å². The lowest BCUT2D eigenvalue weighted by atomic mass is 10.1. The Balaban J connectivity index is 2.67. The van der Waals surface area contributed by atoms with Crippen molar-refractivity contribution in [3.63, 3.8) is 0 Å². The van der Waals surface area contributed by atoms with E-state index in [0.29, 0.717) is 16.5 Å². The monoisotopic (exact) mass is 192 g/mol. The Labute approximate surface area is 79.4 Å². The smallest absolute Gasteiger partial charge is 0.335 e. The molecule has 72 valence electrons. The van der Waals surface area contributed by atoms with Crippen LogP contribution in [0.5, 0.6) is 0 Å². The molecule has 0 amide bonds. The molecule has 1 heterocycles. The van der Waals surface area contributed by atoms with Gasteiger partial charge in [-0.25, -0.2) is 4.79 Å². The van der Waals surface area contributed by atoms with E-state index in [9.17, 15) is 4.79 Å². The van der Waals surface area contributed by atoms with Crippen LogP contribution in [-0.4, -0.2) is 16.2 Å². The number of rotatable bonds is 2. The second-order valence-electron chi connectivity index (χ2n) is 2.94. The van der Waals surface area contributed by atoms with Gasteiger partial charge in [0.2, 0.25) is 0 Å². The molecule has 0 aliphatic carbocycles. The van der Waals surface area contributed by atoms with Crippen molar-refractivity contribution >= 4 is 16.9 Å². The van der Waals surface area contributed by atoms with Crippen molar-refractivity contribution in [1.29, 1.82) is 0 Å². The Morgan fingerprint density at radius 1 is 1.43 bits per heavy atom. The largest absolute Gasteiger partial charge is 0.478 e. The van der Waals surface area contributed by atoms with Gasteiger partial charge in [-0.2, -0.15) is 0 Å². The maximum atomic E-state index is 10.7. The van der Waals surface area contributed by atoms with Crippen LogP contribution in [-0.2, 0) is 6.61 Å². The molecule has 0 bridgehead atoms. The number of benzene rings is 1. The first kappa shape index (κ1) is 8.77. The van der Waals surface area contributed by atoms with Gasteiger partial charge in [-0.3, -0.25) is 0 Å². The second kappa shape index (κ2) is 3.16. The second-order valence-corrected chi connectivity index (χ2v) is 2.94. The number of aliphatic hydroxyl groups is 1. The Morgan fingerprint density at radius 3 is 2.86 bits per heavy atom. The molecule has 2 aromatic rings. The molecule has 2 N–H and O–H groups in total. The Morgan fingerprint density at radius 2 is 2.21 bits per heavy atom. The van der Waals surface area contributed by atoms with Crippen molar-refractivity contribution in [3.8, 4) is 0 Å². The summed E-state index contributed by atoms with van der Waals surface area (Å²) in [6.45, 7) is -0.157. The van der Waals surface area contributed by atoms with Gasteiger partial charge in [0.25, 0.3) is 0 Å². The van der Waals surface area contributed by atoms with Gasteiger partial charge in [0.1, 0.15) is 5.58 Å². The maximum Gasteiger partial charge on any atom is 0.335 e. The molecule has 0 unspecified atom stereocenters. The Kier molecular flexibility index (Phi) is 1.98. The molecule has 0 saturated carbocycles. The summed E-state index contributed by atoms with van der Waals surface area (Å²) in [5, 5.41) is 18.3. The number of carboxylic acids is 1. The highest BCUT2D eigenvalue weighted by Crippen LogP contribution is 2.22. The van der Waals surface area contributed by atoms with Crippen LogP contribution in [0.4, 0.5) is 0 Å². The number of carbonyl (C=O) groups is 1. The summed E-state index contributed by atoms with van der Waals surface area (Å²) < 4.78 is 5.12. The molecule has 4 nitrogen and oxygen atoms in total. The van der Waals surface area contributed by atoms with Gasteiger partial charge in [-0.1, -0.05) is 0 Å². The summed E-state index contributed by atoms with van der Waals surface area (Å²) in [4.78, 5) is 10.7. The van der Waals surface area contributed by atoms with Crippen LogP contribution in [0, 0.1) is 0 Å². The Hall–Kier alpha value is -1.81. The minimum atomic E-state index is -0.989. The number of aliphatic hydroxyl groups excluding tert-OH is 1. The third-order valence-corrected chi connectivity index (χ3v) is 2.07. The summed E-state index contributed by atoms with van der Waals surface area (Å²) in [5.74, 6) is -0.989. The summed E-state index contributed by atoms with van der Waals surface area (Å²) in [6, 6.07) is 4.54. The lowest BCUT2D eigenvalue weighted by Gasteiger charge is -1.95. The van der Waals surface area contributed by atoms with E-state index < -0.39 is 5.97 Å². The van der Waals surface area contributed by atoms with Crippen LogP contribution in [0.1, 0.15) is 15.9 Å². The van der Waals surface area contributed by atoms with Gasteiger partial charge in [-0.15, -0.1) is 0 Å². The molecule has 1 aromatic heterocycles. The highest BCUT2D eigenvalue weighted by molar-refractivity contribution is 5.93. The first-order valence-electron chi connectivity index (χ1n) is 4.06. The van der Waals surface area contributed by atoms with E-state index in [1.807, 2.05) is 0 Å². The van der Waals surface area contributed by atoms with Crippen LogP contribution in [0.3, 0.4) is 0 Å². The molecule has 0 radical (unpaired) electrons. The lowest BCUT2D eigenvalue weighted by molar-refractivity contribution is 0.0697. The summed E-state index contributed by atoms with van der Waals surface area (Å²) in [6.07, 6.45) is 1.43. The number of carboxylic acid groups (broad SMARTS) is 1. The fourth-order valence-electron chi connectivity index (χ4n) is 1.34. The van der Waals surface area contributed by atoms with E-state index in [4.69, 9.17) is 14.6 Å². The van der Waals surface area contributed by atoms with Crippen LogP contribution in [0.25, 0.3) is 11.0 Å². The highest BCUT2D eigenvalue weighted by atomic mass is 16.4. The van der Waals surface area contributed by atoms with Gasteiger partial charge >= 0.3 is 5.97 Å². The molecular formula is C10H8O4. The predicted octanol–water partition coefficient (Wildman–Crippen LogP) is 1.62. The lowest BCUT2D eigenvalue weighted by Crippen LogP contribution is -1.95. The molecule has 0 spiro atoms. The summed E-state index contributed by atoms with van der Waals surface area (Å²) in [7, 11) is 0. The third-order valence-electron chi connectivity index (χ3n) is 2.07. The van der Waals surface area contributed by atoms with Crippen molar-refractivity contribution in [3.05, 3.63) is 35.6 Å². The first-order chi connectivity index (χ1) is 6.72. The van der Waals surface area contributed by atoms with Crippen LogP contribution >= 0.6 is 0 Å². The fraction of sp³-hybridized carbons (Fsp3) is 0.100. The molecule has 14 heavy (non-hydrogen) atoms. The fourth-order valence-corrected chi connectivity index (χ4v) is 1.34. The topological polar surface area (TPSA) is 70.7 Å². The molecule has 4 heteroatoms. The van der Waals surface area contributed by atoms with Gasteiger partial charge in [-0.05, 0) is 18.2 Å². The number of furan rings is 1. The quantitative estimate of drug-likeness (QED) is 0.758. The van der Waals surface area contributed by atoms with Gasteiger partial charge < -0.3 is 14.6 Å². The number of hydrogen-bond acceptors (Lipinski definition) is 3. The summed E-state index contributed by atoms with van der Waals surface area (Å²) >= 11 is 0. The molecule has 0 atom stereocenters. The van der Waals surface area contributed by atoms with E-state index in [2.05, 4.69) is 0 Å². The molecular weight excluding hydrogens is 184 g/mol. The molecule has 0 aliphatic heterocycles. The van der Waals surface area contributed by atoms with Crippen molar-refractivity contribution in [2.45, 2.75) is 6.61 Å². The molecule has 0 fully saturated rings. The van der Waals surface area contributed by atoms with E-state index in [-0.39, 0.29) is 12.2 Å². The maximum absolute atomic E-state index is 10.7. The first-order valence-corrected chi connectivity index (χ1v) is 4.06. The highest BCUT2D eigenvalue weighted by Gasteiger charge is 2.08. The van der Waals surface area contributed by atoms with Crippen LogP contribution < -0.4 is 0 Å². The predicted molar refractivity (Wildman–Crippen MR) is 49.1 cm³/mol. The van der Waals surface area contributed by atoms with E-state index in [1.54, 1.807) is 6.07 Å². The van der Waals surface area contributed by atoms with E-state index in [1.165, 1.54) is 18.4 Å². The standard InChI is InChI=1S/C10H8O4/c11-4-7-5-14-9-2-1-6(10(12)13)3-8(7)9/h1-3,5,11H,4H2,(H,12,13). The molecule has 1 aromatic carbocycles. The third kappa shape index (κ3) is 1.25. The van der Waals surface area contributed by atoms with E-state index >= 15 is 0 Å². The van der Waals surface area contributed by atoms with Crippen molar-refractivity contribution in [2.24, 2.45) is 0 Å². The number of fused-ring (bicyclic) bond motifs is 1. The average molecular weight is 192 g/mol. The molecule has 0 aliphatic rings. The van der Waals surface area contributed by atoms with Gasteiger partial charge in [0, 0.05) is 10.9 Å². The number of aromatic carboxylic acids is 1. The molecule has 2 rings (SSSR count). The van der Waals surface area contributed by atoms with Gasteiger partial charge in [0.15, 0.2) is 0 Å². The zero-order chi connectivity index (χ0) is 10.1. The SMILES string of the molecule is O=C(O)c1ccc2occ(CO)c2c1. The molecule has 0 saturated heterocycles. The van der Waals surface area contributed by atoms with Crippen molar-refractivity contribution in [1.82, 2.24) is 0 Å². The normalized spacial score (nSPS) is 10.6.